The number of nitriles is 1. The Labute approximate surface area is 182 Å². The molecule has 0 saturated carbocycles. The number of nitrogens with zero attached hydrogens (tertiary/aromatic N) is 3. The van der Waals surface area contributed by atoms with Gasteiger partial charge in [0.25, 0.3) is 0 Å². The van der Waals surface area contributed by atoms with Gasteiger partial charge in [0.05, 0.1) is 19.0 Å². The first-order chi connectivity index (χ1) is 15.5. The number of benzene rings is 3. The van der Waals surface area contributed by atoms with Crippen molar-refractivity contribution in [3.8, 4) is 23.2 Å². The molecule has 4 nitrogen and oxygen atoms in total. The highest BCUT2D eigenvalue weighted by Gasteiger charge is 2.13. The van der Waals surface area contributed by atoms with Crippen LogP contribution < -0.4 is 4.74 Å². The zero-order valence-electron chi connectivity index (χ0n) is 17.2. The fourth-order valence-corrected chi connectivity index (χ4v) is 3.53. The van der Waals surface area contributed by atoms with Crippen LogP contribution in [0.4, 0.5) is 13.2 Å². The lowest BCUT2D eigenvalue weighted by Crippen LogP contribution is -1.99. The Balaban J connectivity index is 1.57. The van der Waals surface area contributed by atoms with E-state index in [1.165, 1.54) is 6.07 Å². The van der Waals surface area contributed by atoms with Gasteiger partial charge in [-0.05, 0) is 54.5 Å². The molecule has 0 aliphatic carbocycles. The third kappa shape index (κ3) is 4.26. The Morgan fingerprint density at radius 3 is 2.31 bits per heavy atom. The van der Waals surface area contributed by atoms with E-state index in [4.69, 9.17) is 10.00 Å². The third-order valence-corrected chi connectivity index (χ3v) is 5.13. The summed E-state index contributed by atoms with van der Waals surface area (Å²) in [6.45, 7) is 2.40. The lowest BCUT2D eigenvalue weighted by atomic mass is 9.98. The van der Waals surface area contributed by atoms with Crippen LogP contribution in [0.1, 0.15) is 23.6 Å². The van der Waals surface area contributed by atoms with Gasteiger partial charge in [-0.3, -0.25) is 0 Å². The molecular formula is C25H18F3N3O. The molecule has 0 saturated heterocycles. The average molecular weight is 433 g/mol. The summed E-state index contributed by atoms with van der Waals surface area (Å²) in [5, 5.41) is 9.90. The molecule has 3 aromatic carbocycles. The van der Waals surface area contributed by atoms with E-state index in [-0.39, 0.29) is 18.7 Å². The van der Waals surface area contributed by atoms with E-state index >= 15 is 4.39 Å². The largest absolute Gasteiger partial charge is 0.491 e. The second kappa shape index (κ2) is 9.06. The van der Waals surface area contributed by atoms with Crippen LogP contribution >= 0.6 is 0 Å². The molecule has 0 aliphatic heterocycles. The van der Waals surface area contributed by atoms with Gasteiger partial charge in [0.15, 0.2) is 11.6 Å². The molecule has 0 atom stereocenters. The van der Waals surface area contributed by atoms with Gasteiger partial charge in [0, 0.05) is 10.9 Å². The van der Waals surface area contributed by atoms with Gasteiger partial charge < -0.3 is 4.74 Å². The molecule has 4 rings (SSSR count). The van der Waals surface area contributed by atoms with Gasteiger partial charge in [-0.2, -0.15) is 5.26 Å². The Morgan fingerprint density at radius 1 is 0.938 bits per heavy atom. The quantitative estimate of drug-likeness (QED) is 0.387. The normalized spacial score (nSPS) is 10.8. The van der Waals surface area contributed by atoms with Gasteiger partial charge >= 0.3 is 0 Å². The summed E-state index contributed by atoms with van der Waals surface area (Å²) in [6.07, 6.45) is 3.68. The molecular weight excluding hydrogens is 415 g/mol. The molecule has 7 heteroatoms. The molecule has 32 heavy (non-hydrogen) atoms. The monoisotopic (exact) mass is 433 g/mol. The summed E-state index contributed by atoms with van der Waals surface area (Å²) in [7, 11) is 0. The first-order valence-electron chi connectivity index (χ1n) is 10.0. The molecule has 0 amide bonds. The molecule has 0 spiro atoms. The zero-order chi connectivity index (χ0) is 22.7. The van der Waals surface area contributed by atoms with Crippen molar-refractivity contribution in [3.63, 3.8) is 0 Å². The van der Waals surface area contributed by atoms with Crippen LogP contribution in [-0.2, 0) is 12.8 Å². The topological polar surface area (TPSA) is 58.8 Å². The van der Waals surface area contributed by atoms with E-state index in [0.29, 0.717) is 40.1 Å². The molecule has 1 aromatic heterocycles. The Morgan fingerprint density at radius 2 is 1.66 bits per heavy atom. The van der Waals surface area contributed by atoms with E-state index < -0.39 is 17.2 Å². The number of hydrogen-bond donors (Lipinski definition) is 0. The van der Waals surface area contributed by atoms with Gasteiger partial charge in [0.2, 0.25) is 0 Å². The number of hydrogen-bond acceptors (Lipinski definition) is 4. The standard InChI is InChI=1S/C25H18F3N3O/c1-2-32-19-13-30-25(31-14-19)18-7-8-20-17(11-18)6-5-16(24(20)28)4-3-15-9-22(26)21(12-29)23(27)10-15/h5-11,13-14H,2-4H2,1H3. The van der Waals surface area contributed by atoms with Gasteiger partial charge in [-0.1, -0.05) is 24.3 Å². The maximum atomic E-state index is 15.1. The summed E-state index contributed by atoms with van der Waals surface area (Å²) >= 11 is 0. The average Bonchev–Trinajstić information content (AvgIpc) is 2.79. The summed E-state index contributed by atoms with van der Waals surface area (Å²) in [6, 6.07) is 12.4. The molecule has 0 unspecified atom stereocenters. The highest BCUT2D eigenvalue weighted by Crippen LogP contribution is 2.27. The summed E-state index contributed by atoms with van der Waals surface area (Å²) < 4.78 is 48.0. The predicted octanol–water partition coefficient (Wildman–Crippen LogP) is 5.77. The number of halogens is 3. The van der Waals surface area contributed by atoms with Crippen LogP contribution in [-0.4, -0.2) is 16.6 Å². The van der Waals surface area contributed by atoms with Gasteiger partial charge in [-0.25, -0.2) is 23.1 Å². The number of aromatic nitrogens is 2. The van der Waals surface area contributed by atoms with E-state index in [2.05, 4.69) is 9.97 Å². The molecule has 0 radical (unpaired) electrons. The number of rotatable bonds is 6. The Bertz CT molecular complexity index is 1310. The summed E-state index contributed by atoms with van der Waals surface area (Å²) in [5.74, 6) is -1.12. The summed E-state index contributed by atoms with van der Waals surface area (Å²) in [4.78, 5) is 8.59. The molecule has 0 aliphatic rings. The van der Waals surface area contributed by atoms with Crippen LogP contribution in [0.25, 0.3) is 22.2 Å². The first-order valence-corrected chi connectivity index (χ1v) is 10.0. The lowest BCUT2D eigenvalue weighted by molar-refractivity contribution is 0.337. The van der Waals surface area contributed by atoms with Crippen molar-refractivity contribution in [2.45, 2.75) is 19.8 Å². The minimum absolute atomic E-state index is 0.236. The van der Waals surface area contributed by atoms with Gasteiger partial charge in [0.1, 0.15) is 29.1 Å². The maximum Gasteiger partial charge on any atom is 0.159 e. The number of aryl methyl sites for hydroxylation is 2. The molecule has 160 valence electrons. The minimum atomic E-state index is -0.912. The predicted molar refractivity (Wildman–Crippen MR) is 115 cm³/mol. The molecule has 0 N–H and O–H groups in total. The van der Waals surface area contributed by atoms with E-state index in [1.54, 1.807) is 36.7 Å². The Kier molecular flexibility index (Phi) is 6.04. The van der Waals surface area contributed by atoms with Crippen molar-refractivity contribution in [2.24, 2.45) is 0 Å². The van der Waals surface area contributed by atoms with E-state index in [9.17, 15) is 8.78 Å². The van der Waals surface area contributed by atoms with Crippen LogP contribution in [0.15, 0.2) is 54.9 Å². The minimum Gasteiger partial charge on any atom is -0.491 e. The van der Waals surface area contributed by atoms with Crippen LogP contribution in [0.2, 0.25) is 0 Å². The number of ether oxygens (including phenoxy) is 1. The molecule has 0 fully saturated rings. The van der Waals surface area contributed by atoms with Crippen molar-refractivity contribution < 1.29 is 17.9 Å². The fraction of sp³-hybridized carbons (Fsp3) is 0.160. The molecule has 0 bridgehead atoms. The smallest absolute Gasteiger partial charge is 0.159 e. The van der Waals surface area contributed by atoms with Crippen LogP contribution in [0.3, 0.4) is 0 Å². The van der Waals surface area contributed by atoms with Crippen molar-refractivity contribution in [1.29, 1.82) is 5.26 Å². The lowest BCUT2D eigenvalue weighted by Gasteiger charge is -2.09. The molecule has 1 heterocycles. The highest BCUT2D eigenvalue weighted by atomic mass is 19.1. The van der Waals surface area contributed by atoms with Gasteiger partial charge in [-0.15, -0.1) is 0 Å². The maximum absolute atomic E-state index is 15.1. The second-order valence-corrected chi connectivity index (χ2v) is 7.20. The first kappa shape index (κ1) is 21.3. The highest BCUT2D eigenvalue weighted by molar-refractivity contribution is 5.87. The third-order valence-electron chi connectivity index (χ3n) is 5.13. The fourth-order valence-electron chi connectivity index (χ4n) is 3.53. The molecule has 4 aromatic rings. The van der Waals surface area contributed by atoms with Crippen molar-refractivity contribution in [1.82, 2.24) is 9.97 Å². The second-order valence-electron chi connectivity index (χ2n) is 7.20. The number of fused-ring (bicyclic) bond motifs is 1. The summed E-state index contributed by atoms with van der Waals surface area (Å²) in [5.41, 5.74) is 0.934. The van der Waals surface area contributed by atoms with Crippen molar-refractivity contribution >= 4 is 10.8 Å². The SMILES string of the molecule is CCOc1cnc(-c2ccc3c(F)c(CCc4cc(F)c(C#N)c(F)c4)ccc3c2)nc1. The van der Waals surface area contributed by atoms with Crippen molar-refractivity contribution in [3.05, 3.63) is 89.0 Å². The van der Waals surface area contributed by atoms with E-state index in [0.717, 1.165) is 17.7 Å². The van der Waals surface area contributed by atoms with Crippen LogP contribution in [0.5, 0.6) is 5.75 Å². The van der Waals surface area contributed by atoms with Crippen LogP contribution in [0, 0.1) is 28.8 Å². The Hall–Kier alpha value is -3.92. The van der Waals surface area contributed by atoms with Crippen molar-refractivity contribution in [2.75, 3.05) is 6.61 Å². The van der Waals surface area contributed by atoms with E-state index in [1.807, 2.05) is 13.0 Å². The zero-order valence-corrected chi connectivity index (χ0v) is 17.2.